The number of halogens is 1. The van der Waals surface area contributed by atoms with Crippen LogP contribution in [-0.2, 0) is 6.61 Å². The Morgan fingerprint density at radius 3 is 2.29 bits per heavy atom. The number of benzene rings is 2. The number of aliphatic hydroxyl groups excluding tert-OH is 1. The molecule has 0 aliphatic rings. The Morgan fingerprint density at radius 1 is 1.05 bits per heavy atom. The van der Waals surface area contributed by atoms with Crippen molar-refractivity contribution < 1.29 is 9.50 Å². The lowest BCUT2D eigenvalue weighted by Crippen LogP contribution is -2.11. The van der Waals surface area contributed by atoms with Gasteiger partial charge in [-0.25, -0.2) is 4.39 Å². The molecule has 2 rings (SSSR count). The van der Waals surface area contributed by atoms with E-state index in [0.29, 0.717) is 0 Å². The fourth-order valence-corrected chi connectivity index (χ4v) is 2.33. The van der Waals surface area contributed by atoms with Crippen LogP contribution in [0.15, 0.2) is 48.5 Å². The average Bonchev–Trinajstić information content (AvgIpc) is 2.53. The van der Waals surface area contributed by atoms with Crippen molar-refractivity contribution in [3.05, 3.63) is 65.5 Å². The largest absolute Gasteiger partial charge is 0.392 e. The Morgan fingerprint density at radius 2 is 1.71 bits per heavy atom. The van der Waals surface area contributed by atoms with Crippen molar-refractivity contribution in [2.75, 3.05) is 5.32 Å². The summed E-state index contributed by atoms with van der Waals surface area (Å²) in [6, 6.07) is 14.6. The summed E-state index contributed by atoms with van der Waals surface area (Å²) in [6.45, 7) is 2.22. The molecule has 112 valence electrons. The summed E-state index contributed by atoms with van der Waals surface area (Å²) in [4.78, 5) is 0. The summed E-state index contributed by atoms with van der Waals surface area (Å²) in [5, 5.41) is 12.6. The topological polar surface area (TPSA) is 32.3 Å². The zero-order valence-electron chi connectivity index (χ0n) is 12.3. The molecule has 0 saturated heterocycles. The SMILES string of the molecule is CCCCC(Nc1ccc(CO)cc1)c1ccc(F)cc1. The third-order valence-electron chi connectivity index (χ3n) is 3.60. The second kappa shape index (κ2) is 7.79. The predicted molar refractivity (Wildman–Crippen MR) is 84.7 cm³/mol. The van der Waals surface area contributed by atoms with Gasteiger partial charge in [-0.3, -0.25) is 0 Å². The van der Waals surface area contributed by atoms with E-state index >= 15 is 0 Å². The van der Waals surface area contributed by atoms with E-state index in [1.165, 1.54) is 12.1 Å². The number of anilines is 1. The van der Waals surface area contributed by atoms with E-state index in [-0.39, 0.29) is 18.5 Å². The molecule has 0 radical (unpaired) electrons. The zero-order chi connectivity index (χ0) is 15.1. The highest BCUT2D eigenvalue weighted by Crippen LogP contribution is 2.25. The molecule has 1 unspecified atom stereocenters. The smallest absolute Gasteiger partial charge is 0.123 e. The maximum absolute atomic E-state index is 13.1. The first kappa shape index (κ1) is 15.5. The normalized spacial score (nSPS) is 12.1. The molecule has 1 atom stereocenters. The Kier molecular flexibility index (Phi) is 5.76. The van der Waals surface area contributed by atoms with Gasteiger partial charge in [0.1, 0.15) is 5.82 Å². The maximum Gasteiger partial charge on any atom is 0.123 e. The van der Waals surface area contributed by atoms with Crippen LogP contribution in [0.1, 0.15) is 43.4 Å². The van der Waals surface area contributed by atoms with Crippen LogP contribution in [0.4, 0.5) is 10.1 Å². The Bertz CT molecular complexity index is 536. The number of nitrogens with one attached hydrogen (secondary N) is 1. The molecule has 0 amide bonds. The predicted octanol–water partition coefficient (Wildman–Crippen LogP) is 4.66. The lowest BCUT2D eigenvalue weighted by atomic mass is 10.0. The standard InChI is InChI=1S/C18H22FNO/c1-2-3-4-18(15-7-9-16(19)10-8-15)20-17-11-5-14(13-21)6-12-17/h5-12,18,20-21H,2-4,13H2,1H3. The van der Waals surface area contributed by atoms with Gasteiger partial charge >= 0.3 is 0 Å². The molecule has 0 fully saturated rings. The van der Waals surface area contributed by atoms with E-state index in [1.54, 1.807) is 0 Å². The third-order valence-corrected chi connectivity index (χ3v) is 3.60. The minimum Gasteiger partial charge on any atom is -0.392 e. The number of unbranched alkanes of at least 4 members (excludes halogenated alkanes) is 1. The number of hydrogen-bond acceptors (Lipinski definition) is 2. The van der Waals surface area contributed by atoms with Crippen LogP contribution < -0.4 is 5.32 Å². The van der Waals surface area contributed by atoms with Gasteiger partial charge < -0.3 is 10.4 Å². The minimum atomic E-state index is -0.208. The molecule has 0 heterocycles. The second-order valence-corrected chi connectivity index (χ2v) is 5.25. The first-order valence-electron chi connectivity index (χ1n) is 7.44. The molecule has 2 N–H and O–H groups in total. The third kappa shape index (κ3) is 4.57. The molecule has 0 aliphatic heterocycles. The fraction of sp³-hybridized carbons (Fsp3) is 0.333. The van der Waals surface area contributed by atoms with Crippen molar-refractivity contribution in [1.29, 1.82) is 0 Å². The Hall–Kier alpha value is -1.87. The summed E-state index contributed by atoms with van der Waals surface area (Å²) in [6.07, 6.45) is 3.25. The summed E-state index contributed by atoms with van der Waals surface area (Å²) in [5.41, 5.74) is 3.00. The van der Waals surface area contributed by atoms with Gasteiger partial charge in [0.25, 0.3) is 0 Å². The van der Waals surface area contributed by atoms with E-state index in [1.807, 2.05) is 36.4 Å². The first-order valence-corrected chi connectivity index (χ1v) is 7.44. The lowest BCUT2D eigenvalue weighted by Gasteiger charge is -2.20. The van der Waals surface area contributed by atoms with Crippen molar-refractivity contribution >= 4 is 5.69 Å². The zero-order valence-corrected chi connectivity index (χ0v) is 12.3. The average molecular weight is 287 g/mol. The van der Waals surface area contributed by atoms with Crippen molar-refractivity contribution in [3.63, 3.8) is 0 Å². The molecule has 21 heavy (non-hydrogen) atoms. The second-order valence-electron chi connectivity index (χ2n) is 5.25. The minimum absolute atomic E-state index is 0.0531. The molecule has 2 nitrogen and oxygen atoms in total. The summed E-state index contributed by atoms with van der Waals surface area (Å²) in [5.74, 6) is -0.208. The molecule has 0 aromatic heterocycles. The first-order chi connectivity index (χ1) is 10.2. The molecule has 0 aliphatic carbocycles. The molecule has 3 heteroatoms. The molecular weight excluding hydrogens is 265 g/mol. The van der Waals surface area contributed by atoms with Crippen molar-refractivity contribution in [1.82, 2.24) is 0 Å². The highest BCUT2D eigenvalue weighted by molar-refractivity contribution is 5.46. The fourth-order valence-electron chi connectivity index (χ4n) is 2.33. The maximum atomic E-state index is 13.1. The molecular formula is C18H22FNO. The van der Waals surface area contributed by atoms with Crippen LogP contribution in [0.5, 0.6) is 0 Å². The van der Waals surface area contributed by atoms with Gasteiger partial charge in [-0.05, 0) is 41.8 Å². The van der Waals surface area contributed by atoms with E-state index in [4.69, 9.17) is 5.11 Å². The summed E-state index contributed by atoms with van der Waals surface area (Å²) in [7, 11) is 0. The van der Waals surface area contributed by atoms with Crippen LogP contribution >= 0.6 is 0 Å². The molecule has 2 aromatic rings. The van der Waals surface area contributed by atoms with Crippen LogP contribution in [0, 0.1) is 5.82 Å². The number of aliphatic hydroxyl groups is 1. The van der Waals surface area contributed by atoms with Gasteiger partial charge in [0, 0.05) is 5.69 Å². The molecule has 0 spiro atoms. The molecule has 2 aromatic carbocycles. The van der Waals surface area contributed by atoms with Crippen LogP contribution in [-0.4, -0.2) is 5.11 Å². The number of hydrogen-bond donors (Lipinski definition) is 2. The van der Waals surface area contributed by atoms with Gasteiger partial charge in [0.15, 0.2) is 0 Å². The number of rotatable bonds is 7. The lowest BCUT2D eigenvalue weighted by molar-refractivity contribution is 0.282. The van der Waals surface area contributed by atoms with Crippen LogP contribution in [0.3, 0.4) is 0 Å². The van der Waals surface area contributed by atoms with Gasteiger partial charge in [0.2, 0.25) is 0 Å². The van der Waals surface area contributed by atoms with Gasteiger partial charge in [0.05, 0.1) is 12.6 Å². The monoisotopic (exact) mass is 287 g/mol. The summed E-state index contributed by atoms with van der Waals surface area (Å²) >= 11 is 0. The molecule has 0 saturated carbocycles. The van der Waals surface area contributed by atoms with E-state index in [2.05, 4.69) is 12.2 Å². The Balaban J connectivity index is 2.13. The van der Waals surface area contributed by atoms with E-state index in [9.17, 15) is 4.39 Å². The highest BCUT2D eigenvalue weighted by atomic mass is 19.1. The van der Waals surface area contributed by atoms with E-state index < -0.39 is 0 Å². The van der Waals surface area contributed by atoms with E-state index in [0.717, 1.165) is 36.1 Å². The highest BCUT2D eigenvalue weighted by Gasteiger charge is 2.11. The Labute approximate surface area is 125 Å². The van der Waals surface area contributed by atoms with Crippen molar-refractivity contribution in [2.45, 2.75) is 38.8 Å². The van der Waals surface area contributed by atoms with Gasteiger partial charge in [-0.15, -0.1) is 0 Å². The van der Waals surface area contributed by atoms with Crippen molar-refractivity contribution in [2.24, 2.45) is 0 Å². The quantitative estimate of drug-likeness (QED) is 0.776. The van der Waals surface area contributed by atoms with Gasteiger partial charge in [-0.1, -0.05) is 44.0 Å². The molecule has 0 bridgehead atoms. The van der Waals surface area contributed by atoms with Crippen LogP contribution in [0.25, 0.3) is 0 Å². The summed E-state index contributed by atoms with van der Waals surface area (Å²) < 4.78 is 13.1. The van der Waals surface area contributed by atoms with Crippen LogP contribution in [0.2, 0.25) is 0 Å². The van der Waals surface area contributed by atoms with Gasteiger partial charge in [-0.2, -0.15) is 0 Å². The van der Waals surface area contributed by atoms with Crippen molar-refractivity contribution in [3.8, 4) is 0 Å².